The second-order valence-electron chi connectivity index (χ2n) is 7.31. The van der Waals surface area contributed by atoms with Crippen LogP contribution in [0.15, 0.2) is 53.4 Å². The standard InChI is InChI=1S/C21H21Cl3N2O3S/c1-20(2)17(18(27)25-12-13-8-10-14(29-3)11-9-13)26(19(28)21(22,23)24)15-6-4-5-7-16(15)30-20/h4-11,17H,12H2,1-3H3,(H,25,27). The van der Waals surface area contributed by atoms with E-state index in [0.717, 1.165) is 16.2 Å². The molecule has 160 valence electrons. The number of para-hydroxylation sites is 1. The molecule has 9 heteroatoms. The first kappa shape index (κ1) is 23.1. The number of rotatable bonds is 4. The van der Waals surface area contributed by atoms with E-state index >= 15 is 0 Å². The number of nitrogens with zero attached hydrogens (tertiary/aromatic N) is 1. The number of thioether (sulfide) groups is 1. The molecule has 3 rings (SSSR count). The number of halogens is 3. The SMILES string of the molecule is COc1ccc(CNC(=O)C2N(C(=O)C(Cl)(Cl)Cl)c3ccccc3SC2(C)C)cc1. The Balaban J connectivity index is 1.92. The van der Waals surface area contributed by atoms with Crippen molar-refractivity contribution in [3.05, 3.63) is 54.1 Å². The molecule has 0 radical (unpaired) electrons. The van der Waals surface area contributed by atoms with E-state index in [-0.39, 0.29) is 12.5 Å². The summed E-state index contributed by atoms with van der Waals surface area (Å²) in [5, 5.41) is 2.91. The average molecular weight is 488 g/mol. The van der Waals surface area contributed by atoms with Gasteiger partial charge < -0.3 is 10.1 Å². The zero-order valence-electron chi connectivity index (χ0n) is 16.6. The number of fused-ring (bicyclic) bond motifs is 1. The van der Waals surface area contributed by atoms with Gasteiger partial charge in [0.15, 0.2) is 0 Å². The van der Waals surface area contributed by atoms with Gasteiger partial charge in [0, 0.05) is 16.2 Å². The van der Waals surface area contributed by atoms with Gasteiger partial charge in [0.05, 0.1) is 12.8 Å². The lowest BCUT2D eigenvalue weighted by Crippen LogP contribution is -2.62. The number of hydrogen-bond acceptors (Lipinski definition) is 4. The Morgan fingerprint density at radius 1 is 1.13 bits per heavy atom. The molecule has 1 N–H and O–H groups in total. The molecule has 1 aliphatic heterocycles. The number of ether oxygens (including phenoxy) is 1. The number of anilines is 1. The third-order valence-corrected chi connectivity index (χ3v) is 6.55. The topological polar surface area (TPSA) is 58.6 Å². The van der Waals surface area contributed by atoms with E-state index < -0.39 is 20.5 Å². The minimum absolute atomic E-state index is 0.289. The Morgan fingerprint density at radius 3 is 2.37 bits per heavy atom. The smallest absolute Gasteiger partial charge is 0.279 e. The van der Waals surface area contributed by atoms with Crippen molar-refractivity contribution in [1.29, 1.82) is 0 Å². The molecule has 30 heavy (non-hydrogen) atoms. The van der Waals surface area contributed by atoms with Crippen LogP contribution in [0.5, 0.6) is 5.75 Å². The molecular formula is C21H21Cl3N2O3S. The molecule has 2 amide bonds. The van der Waals surface area contributed by atoms with Crippen molar-refractivity contribution in [2.75, 3.05) is 12.0 Å². The first-order chi connectivity index (χ1) is 14.0. The van der Waals surface area contributed by atoms with Gasteiger partial charge in [-0.3, -0.25) is 14.5 Å². The first-order valence-corrected chi connectivity index (χ1v) is 11.1. The van der Waals surface area contributed by atoms with Gasteiger partial charge >= 0.3 is 0 Å². The number of benzene rings is 2. The fourth-order valence-electron chi connectivity index (χ4n) is 3.36. The van der Waals surface area contributed by atoms with E-state index in [0.29, 0.717) is 5.69 Å². The number of alkyl halides is 3. The molecular weight excluding hydrogens is 467 g/mol. The lowest BCUT2D eigenvalue weighted by molar-refractivity contribution is -0.127. The van der Waals surface area contributed by atoms with Gasteiger partial charge in [0.25, 0.3) is 9.70 Å². The summed E-state index contributed by atoms with van der Waals surface area (Å²) in [4.78, 5) is 28.5. The lowest BCUT2D eigenvalue weighted by Gasteiger charge is -2.46. The zero-order valence-corrected chi connectivity index (χ0v) is 19.7. The largest absolute Gasteiger partial charge is 0.497 e. The second-order valence-corrected chi connectivity index (χ2v) is 11.3. The Kier molecular flexibility index (Phi) is 6.82. The maximum absolute atomic E-state index is 13.3. The fourth-order valence-corrected chi connectivity index (χ4v) is 4.94. The molecule has 0 saturated carbocycles. The molecule has 1 atom stereocenters. The predicted molar refractivity (Wildman–Crippen MR) is 123 cm³/mol. The highest BCUT2D eigenvalue weighted by Crippen LogP contribution is 2.49. The molecule has 1 aliphatic rings. The third kappa shape index (κ3) is 4.83. The molecule has 0 fully saturated rings. The van der Waals surface area contributed by atoms with Crippen LogP contribution in [0.3, 0.4) is 0 Å². The Hall–Kier alpha value is -1.60. The minimum Gasteiger partial charge on any atom is -0.497 e. The molecule has 1 unspecified atom stereocenters. The summed E-state index contributed by atoms with van der Waals surface area (Å²) >= 11 is 19.3. The maximum Gasteiger partial charge on any atom is 0.279 e. The summed E-state index contributed by atoms with van der Waals surface area (Å²) in [6.07, 6.45) is 0. The van der Waals surface area contributed by atoms with Crippen LogP contribution in [0.1, 0.15) is 19.4 Å². The Bertz CT molecular complexity index is 945. The molecule has 0 bridgehead atoms. The summed E-state index contributed by atoms with van der Waals surface area (Å²) in [5.41, 5.74) is 1.44. The van der Waals surface area contributed by atoms with Crippen molar-refractivity contribution in [3.8, 4) is 5.75 Å². The number of hydrogen-bond donors (Lipinski definition) is 1. The molecule has 2 aromatic rings. The molecule has 0 spiro atoms. The molecule has 0 aliphatic carbocycles. The van der Waals surface area contributed by atoms with Gasteiger partial charge in [-0.15, -0.1) is 11.8 Å². The van der Waals surface area contributed by atoms with Crippen LogP contribution in [0.25, 0.3) is 0 Å². The highest BCUT2D eigenvalue weighted by atomic mass is 35.6. The maximum atomic E-state index is 13.3. The monoisotopic (exact) mass is 486 g/mol. The quantitative estimate of drug-likeness (QED) is 0.619. The summed E-state index contributed by atoms with van der Waals surface area (Å²) in [6, 6.07) is 13.7. The van der Waals surface area contributed by atoms with Crippen LogP contribution in [0.2, 0.25) is 0 Å². The number of carbonyl (C=O) groups excluding carboxylic acids is 2. The summed E-state index contributed by atoms with van der Waals surface area (Å²) in [5.74, 6) is -0.371. The van der Waals surface area contributed by atoms with E-state index in [4.69, 9.17) is 39.5 Å². The van der Waals surface area contributed by atoms with Gasteiger partial charge in [-0.2, -0.15) is 0 Å². The van der Waals surface area contributed by atoms with E-state index in [1.54, 1.807) is 19.2 Å². The zero-order chi connectivity index (χ0) is 22.1. The molecule has 2 aromatic carbocycles. The first-order valence-electron chi connectivity index (χ1n) is 9.13. The highest BCUT2D eigenvalue weighted by Gasteiger charge is 2.51. The van der Waals surface area contributed by atoms with E-state index in [9.17, 15) is 9.59 Å². The van der Waals surface area contributed by atoms with Crippen LogP contribution in [-0.4, -0.2) is 33.5 Å². The summed E-state index contributed by atoms with van der Waals surface area (Å²) in [7, 11) is 1.59. The summed E-state index contributed by atoms with van der Waals surface area (Å²) in [6.45, 7) is 4.07. The van der Waals surface area contributed by atoms with Gasteiger partial charge in [-0.1, -0.05) is 59.1 Å². The Labute approximate surface area is 195 Å². The van der Waals surface area contributed by atoms with Gasteiger partial charge in [0.1, 0.15) is 11.8 Å². The van der Waals surface area contributed by atoms with Crippen LogP contribution >= 0.6 is 46.6 Å². The van der Waals surface area contributed by atoms with E-state index in [2.05, 4.69) is 5.32 Å². The summed E-state index contributed by atoms with van der Waals surface area (Å²) < 4.78 is 2.29. The van der Waals surface area contributed by atoms with Crippen molar-refractivity contribution in [2.45, 2.75) is 39.9 Å². The Morgan fingerprint density at radius 2 is 1.77 bits per heavy atom. The molecule has 5 nitrogen and oxygen atoms in total. The van der Waals surface area contributed by atoms with E-state index in [1.807, 2.05) is 50.2 Å². The van der Waals surface area contributed by atoms with Crippen molar-refractivity contribution >= 4 is 64.1 Å². The average Bonchev–Trinajstić information content (AvgIpc) is 2.69. The fraction of sp³-hybridized carbons (Fsp3) is 0.333. The number of methoxy groups -OCH3 is 1. The van der Waals surface area contributed by atoms with Crippen LogP contribution in [-0.2, 0) is 16.1 Å². The highest BCUT2D eigenvalue weighted by molar-refractivity contribution is 8.01. The molecule has 0 saturated heterocycles. The van der Waals surface area contributed by atoms with Gasteiger partial charge in [-0.05, 0) is 43.7 Å². The minimum atomic E-state index is -2.19. The van der Waals surface area contributed by atoms with E-state index in [1.165, 1.54) is 16.7 Å². The third-order valence-electron chi connectivity index (χ3n) is 4.75. The van der Waals surface area contributed by atoms with Crippen molar-refractivity contribution in [1.82, 2.24) is 5.32 Å². The predicted octanol–water partition coefficient (Wildman–Crippen LogP) is 4.97. The second kappa shape index (κ2) is 8.87. The van der Waals surface area contributed by atoms with Crippen LogP contribution < -0.4 is 15.0 Å². The van der Waals surface area contributed by atoms with Gasteiger partial charge in [0.2, 0.25) is 5.91 Å². The van der Waals surface area contributed by atoms with Crippen molar-refractivity contribution < 1.29 is 14.3 Å². The normalized spacial score (nSPS) is 17.8. The van der Waals surface area contributed by atoms with Crippen LogP contribution in [0.4, 0.5) is 5.69 Å². The van der Waals surface area contributed by atoms with Crippen molar-refractivity contribution in [2.24, 2.45) is 0 Å². The van der Waals surface area contributed by atoms with Gasteiger partial charge in [-0.25, -0.2) is 0 Å². The lowest BCUT2D eigenvalue weighted by atomic mass is 9.98. The molecule has 1 heterocycles. The number of amides is 2. The van der Waals surface area contributed by atoms with Crippen molar-refractivity contribution in [3.63, 3.8) is 0 Å². The number of nitrogens with one attached hydrogen (secondary N) is 1. The number of carbonyl (C=O) groups is 2. The van der Waals surface area contributed by atoms with Crippen LogP contribution in [0, 0.1) is 0 Å². The molecule has 0 aromatic heterocycles.